The summed E-state index contributed by atoms with van der Waals surface area (Å²) < 4.78 is 0. The largest absolute Gasteiger partial charge is 0.294 e. The molecule has 0 N–H and O–H groups in total. The van der Waals surface area contributed by atoms with Crippen molar-refractivity contribution in [2.45, 2.75) is 19.3 Å². The van der Waals surface area contributed by atoms with Crippen LogP contribution in [0, 0.1) is 0 Å². The van der Waals surface area contributed by atoms with E-state index < -0.39 is 0 Å². The third kappa shape index (κ3) is 3.45. The molecule has 0 aliphatic carbocycles. The van der Waals surface area contributed by atoms with Gasteiger partial charge in [0.25, 0.3) is 0 Å². The summed E-state index contributed by atoms with van der Waals surface area (Å²) >= 11 is 0. The maximum absolute atomic E-state index is 4.86. The number of pyridine rings is 1. The van der Waals surface area contributed by atoms with Gasteiger partial charge in [0.2, 0.25) is 0 Å². The average molecular weight is 489 g/mol. The number of benzene rings is 5. The maximum Gasteiger partial charge on any atom is 0.141 e. The molecule has 7 rings (SSSR count). The van der Waals surface area contributed by atoms with Crippen molar-refractivity contribution in [2.75, 3.05) is 4.90 Å². The van der Waals surface area contributed by atoms with Crippen LogP contribution in [0.1, 0.15) is 25.0 Å². The van der Waals surface area contributed by atoms with Gasteiger partial charge in [-0.05, 0) is 68.9 Å². The first kappa shape index (κ1) is 22.5. The number of rotatable bonds is 3. The first-order chi connectivity index (χ1) is 18.6. The summed E-state index contributed by atoms with van der Waals surface area (Å²) in [4.78, 5) is 7.16. The Bertz CT molecular complexity index is 1790. The molecule has 2 nitrogen and oxygen atoms in total. The molecule has 0 atom stereocenters. The second-order valence-corrected chi connectivity index (χ2v) is 10.5. The number of aromatic nitrogens is 1. The molecule has 0 radical (unpaired) electrons. The van der Waals surface area contributed by atoms with E-state index in [1.54, 1.807) is 0 Å². The minimum Gasteiger partial charge on any atom is -0.294 e. The lowest BCUT2D eigenvalue weighted by Gasteiger charge is -2.41. The van der Waals surface area contributed by atoms with Gasteiger partial charge in [-0.3, -0.25) is 4.90 Å². The number of para-hydroxylation sites is 1. The summed E-state index contributed by atoms with van der Waals surface area (Å²) in [6, 6.07) is 45.7. The molecule has 2 heterocycles. The van der Waals surface area contributed by atoms with E-state index in [4.69, 9.17) is 4.98 Å². The number of anilines is 3. The molecule has 0 amide bonds. The second-order valence-electron chi connectivity index (χ2n) is 10.5. The highest BCUT2D eigenvalue weighted by Gasteiger charge is 2.38. The Morgan fingerprint density at radius 2 is 1.18 bits per heavy atom. The fourth-order valence-electron chi connectivity index (χ4n) is 5.98. The molecule has 0 saturated heterocycles. The molecular formula is C36H28N2. The molecule has 1 aliphatic rings. The van der Waals surface area contributed by atoms with Crippen molar-refractivity contribution in [1.29, 1.82) is 0 Å². The van der Waals surface area contributed by atoms with Crippen molar-refractivity contribution in [3.8, 4) is 22.3 Å². The highest BCUT2D eigenvalue weighted by Crippen LogP contribution is 2.52. The van der Waals surface area contributed by atoms with Crippen molar-refractivity contribution >= 4 is 28.0 Å². The molecule has 182 valence electrons. The maximum atomic E-state index is 4.86. The monoisotopic (exact) mass is 488 g/mol. The molecular weight excluding hydrogens is 460 g/mol. The van der Waals surface area contributed by atoms with Crippen LogP contribution < -0.4 is 4.90 Å². The summed E-state index contributed by atoms with van der Waals surface area (Å²) in [6.07, 6.45) is 1.89. The van der Waals surface area contributed by atoms with Gasteiger partial charge in [0.05, 0.1) is 5.69 Å². The van der Waals surface area contributed by atoms with E-state index in [0.29, 0.717) is 0 Å². The molecule has 6 aromatic rings. The molecule has 0 unspecified atom stereocenters. The van der Waals surface area contributed by atoms with Crippen LogP contribution in [0.25, 0.3) is 33.0 Å². The number of hydrogen-bond acceptors (Lipinski definition) is 2. The first-order valence-electron chi connectivity index (χ1n) is 13.2. The topological polar surface area (TPSA) is 16.1 Å². The molecule has 0 spiro atoms. The Labute approximate surface area is 223 Å². The molecule has 2 heteroatoms. The zero-order chi connectivity index (χ0) is 25.7. The van der Waals surface area contributed by atoms with Gasteiger partial charge in [-0.25, -0.2) is 4.98 Å². The van der Waals surface area contributed by atoms with Crippen molar-refractivity contribution in [2.24, 2.45) is 0 Å². The molecule has 1 aromatic heterocycles. The van der Waals surface area contributed by atoms with Crippen molar-refractivity contribution in [3.05, 3.63) is 145 Å². The quantitative estimate of drug-likeness (QED) is 0.246. The lowest BCUT2D eigenvalue weighted by molar-refractivity contribution is 0.628. The van der Waals surface area contributed by atoms with E-state index in [-0.39, 0.29) is 5.41 Å². The zero-order valence-corrected chi connectivity index (χ0v) is 21.6. The minimum absolute atomic E-state index is 0.194. The standard InChI is InChI=1S/C36H28N2/c1-36(2)32-18-11-23-37-35(32)38(27-14-7-4-8-15-27)34-22-19-26(24-33(34)36)29-21-20-28(25-12-5-3-6-13-25)30-16-9-10-17-31(29)30/h3-24H,1-2H3. The normalized spacial score (nSPS) is 13.7. The van der Waals surface area contributed by atoms with E-state index in [1.807, 2.05) is 6.20 Å². The van der Waals surface area contributed by atoms with Crippen LogP contribution in [0.4, 0.5) is 17.2 Å². The van der Waals surface area contributed by atoms with Gasteiger partial charge < -0.3 is 0 Å². The van der Waals surface area contributed by atoms with Gasteiger partial charge in [0, 0.05) is 22.9 Å². The Morgan fingerprint density at radius 3 is 1.89 bits per heavy atom. The predicted molar refractivity (Wildman–Crippen MR) is 159 cm³/mol. The zero-order valence-electron chi connectivity index (χ0n) is 21.6. The van der Waals surface area contributed by atoms with Crippen LogP contribution in [0.3, 0.4) is 0 Å². The fraction of sp³-hybridized carbons (Fsp3) is 0.0833. The van der Waals surface area contributed by atoms with Gasteiger partial charge in [-0.2, -0.15) is 0 Å². The highest BCUT2D eigenvalue weighted by atomic mass is 15.2. The lowest BCUT2D eigenvalue weighted by atomic mass is 9.73. The summed E-state index contributed by atoms with van der Waals surface area (Å²) in [5.41, 5.74) is 9.63. The van der Waals surface area contributed by atoms with E-state index in [2.05, 4.69) is 146 Å². The summed E-state index contributed by atoms with van der Waals surface area (Å²) in [5, 5.41) is 2.54. The van der Waals surface area contributed by atoms with Crippen LogP contribution in [0.5, 0.6) is 0 Å². The van der Waals surface area contributed by atoms with Crippen molar-refractivity contribution in [1.82, 2.24) is 4.98 Å². The Kier molecular flexibility index (Phi) is 5.16. The number of hydrogen-bond donors (Lipinski definition) is 0. The summed E-state index contributed by atoms with van der Waals surface area (Å²) in [6.45, 7) is 4.63. The summed E-state index contributed by atoms with van der Waals surface area (Å²) in [7, 11) is 0. The third-order valence-corrected chi connectivity index (χ3v) is 7.92. The lowest BCUT2D eigenvalue weighted by Crippen LogP contribution is -2.31. The first-order valence-corrected chi connectivity index (χ1v) is 13.2. The molecule has 0 saturated carbocycles. The summed E-state index contributed by atoms with van der Waals surface area (Å²) in [5.74, 6) is 1.00. The van der Waals surface area contributed by atoms with E-state index >= 15 is 0 Å². The Morgan fingerprint density at radius 1 is 0.553 bits per heavy atom. The third-order valence-electron chi connectivity index (χ3n) is 7.92. The van der Waals surface area contributed by atoms with Crippen LogP contribution in [-0.4, -0.2) is 4.98 Å². The minimum atomic E-state index is -0.194. The number of fused-ring (bicyclic) bond motifs is 3. The Hall–Kier alpha value is -4.69. The van der Waals surface area contributed by atoms with Crippen LogP contribution in [-0.2, 0) is 5.41 Å². The smallest absolute Gasteiger partial charge is 0.141 e. The van der Waals surface area contributed by atoms with Gasteiger partial charge in [-0.15, -0.1) is 0 Å². The SMILES string of the molecule is CC1(C)c2cc(-c3ccc(-c4ccccc4)c4ccccc34)ccc2N(c2ccccc2)c2ncccc21. The highest BCUT2D eigenvalue weighted by molar-refractivity contribution is 6.05. The van der Waals surface area contributed by atoms with Crippen LogP contribution in [0.2, 0.25) is 0 Å². The van der Waals surface area contributed by atoms with Crippen molar-refractivity contribution < 1.29 is 0 Å². The molecule has 1 aliphatic heterocycles. The van der Waals surface area contributed by atoms with E-state index in [1.165, 1.54) is 49.8 Å². The van der Waals surface area contributed by atoms with E-state index in [9.17, 15) is 0 Å². The molecule has 5 aromatic carbocycles. The van der Waals surface area contributed by atoms with Crippen LogP contribution in [0.15, 0.2) is 134 Å². The van der Waals surface area contributed by atoms with Gasteiger partial charge in [0.1, 0.15) is 5.82 Å². The van der Waals surface area contributed by atoms with Crippen molar-refractivity contribution in [3.63, 3.8) is 0 Å². The van der Waals surface area contributed by atoms with Gasteiger partial charge >= 0.3 is 0 Å². The second kappa shape index (κ2) is 8.71. The number of nitrogens with zero attached hydrogens (tertiary/aromatic N) is 2. The van der Waals surface area contributed by atoms with E-state index in [0.717, 1.165) is 11.5 Å². The molecule has 0 bridgehead atoms. The Balaban J connectivity index is 1.44. The van der Waals surface area contributed by atoms with Gasteiger partial charge in [-0.1, -0.05) is 111 Å². The van der Waals surface area contributed by atoms with Crippen LogP contribution >= 0.6 is 0 Å². The van der Waals surface area contributed by atoms with Gasteiger partial charge in [0.15, 0.2) is 0 Å². The predicted octanol–water partition coefficient (Wildman–Crippen LogP) is 9.68. The fourth-order valence-corrected chi connectivity index (χ4v) is 5.98. The average Bonchev–Trinajstić information content (AvgIpc) is 2.98. The molecule has 0 fully saturated rings. The molecule has 38 heavy (non-hydrogen) atoms.